The van der Waals surface area contributed by atoms with Crippen LogP contribution in [0.15, 0.2) is 24.3 Å². The summed E-state index contributed by atoms with van der Waals surface area (Å²) < 4.78 is 40.5. The number of carboxylic acid groups (broad SMARTS) is 1. The van der Waals surface area contributed by atoms with Crippen molar-refractivity contribution in [2.24, 2.45) is 5.92 Å². The third-order valence-corrected chi connectivity index (χ3v) is 4.67. The molecule has 0 saturated carbocycles. The number of nitrogens with zero attached hydrogens (tertiary/aromatic N) is 1. The van der Waals surface area contributed by atoms with Crippen LogP contribution in [0.4, 0.5) is 10.1 Å². The number of halogens is 1. The normalized spacial score (nSPS) is 20.6. The predicted octanol–water partition coefficient (Wildman–Crippen LogP) is 1.28. The highest BCUT2D eigenvalue weighted by atomic mass is 32.2. The first kappa shape index (κ1) is 14.7. The molecule has 0 aromatic heterocycles. The average molecular weight is 302 g/mol. The first-order chi connectivity index (χ1) is 9.38. The zero-order valence-corrected chi connectivity index (χ0v) is 11.4. The van der Waals surface area contributed by atoms with Crippen molar-refractivity contribution in [3.05, 3.63) is 30.1 Å². The van der Waals surface area contributed by atoms with Gasteiger partial charge in [0, 0.05) is 18.8 Å². The smallest absolute Gasteiger partial charge is 0.307 e. The van der Waals surface area contributed by atoms with Crippen molar-refractivity contribution in [2.45, 2.75) is 12.8 Å². The van der Waals surface area contributed by atoms with Crippen molar-refractivity contribution < 1.29 is 22.7 Å². The number of hydrogen-bond acceptors (Lipinski definition) is 3. The van der Waals surface area contributed by atoms with Crippen LogP contribution in [0.1, 0.15) is 12.8 Å². The van der Waals surface area contributed by atoms with Gasteiger partial charge in [-0.05, 0) is 37.1 Å². The second kappa shape index (κ2) is 5.76. The summed E-state index contributed by atoms with van der Waals surface area (Å²) in [7, 11) is -3.82. The Morgan fingerprint density at radius 3 is 2.60 bits per heavy atom. The van der Waals surface area contributed by atoms with Crippen LogP contribution in [0.2, 0.25) is 0 Å². The van der Waals surface area contributed by atoms with E-state index in [1.54, 1.807) is 0 Å². The molecule has 6 nitrogen and oxygen atoms in total. The molecule has 1 saturated heterocycles. The molecule has 1 aliphatic heterocycles. The highest BCUT2D eigenvalue weighted by Crippen LogP contribution is 2.21. The number of rotatable bonds is 4. The van der Waals surface area contributed by atoms with Crippen LogP contribution < -0.4 is 4.72 Å². The first-order valence-electron chi connectivity index (χ1n) is 6.15. The molecular formula is C12H15FN2O4S. The van der Waals surface area contributed by atoms with E-state index in [0.717, 1.165) is 16.4 Å². The SMILES string of the molecule is O=C(O)C1CCCN(S(=O)(=O)Nc2ccc(F)cc2)C1. The summed E-state index contributed by atoms with van der Waals surface area (Å²) in [4.78, 5) is 10.9. The third kappa shape index (κ3) is 3.45. The van der Waals surface area contributed by atoms with E-state index in [4.69, 9.17) is 5.11 Å². The standard InChI is InChI=1S/C12H15FN2O4S/c13-10-3-5-11(6-4-10)14-20(18,19)15-7-1-2-9(8-15)12(16)17/h3-6,9,14H,1-2,7-8H2,(H,16,17). The maximum Gasteiger partial charge on any atom is 0.307 e. The van der Waals surface area contributed by atoms with Gasteiger partial charge in [0.05, 0.1) is 5.92 Å². The molecule has 1 fully saturated rings. The van der Waals surface area contributed by atoms with E-state index in [-0.39, 0.29) is 18.8 Å². The zero-order valence-electron chi connectivity index (χ0n) is 10.6. The maximum absolute atomic E-state index is 12.8. The molecule has 0 radical (unpaired) electrons. The first-order valence-corrected chi connectivity index (χ1v) is 7.59. The van der Waals surface area contributed by atoms with E-state index >= 15 is 0 Å². The summed E-state index contributed by atoms with van der Waals surface area (Å²) in [5.74, 6) is -2.14. The fourth-order valence-corrected chi connectivity index (χ4v) is 3.40. The van der Waals surface area contributed by atoms with Crippen molar-refractivity contribution in [2.75, 3.05) is 17.8 Å². The number of hydrogen-bond donors (Lipinski definition) is 2. The number of aliphatic carboxylic acids is 1. The molecule has 1 aromatic carbocycles. The molecule has 1 aromatic rings. The summed E-state index contributed by atoms with van der Waals surface area (Å²) in [5.41, 5.74) is 0.240. The van der Waals surface area contributed by atoms with Gasteiger partial charge in [-0.2, -0.15) is 12.7 Å². The number of piperidine rings is 1. The minimum absolute atomic E-state index is 0.0497. The molecule has 1 atom stereocenters. The lowest BCUT2D eigenvalue weighted by atomic mass is 10.0. The minimum atomic E-state index is -3.82. The van der Waals surface area contributed by atoms with Crippen molar-refractivity contribution in [1.82, 2.24) is 4.31 Å². The number of nitrogens with one attached hydrogen (secondary N) is 1. The quantitative estimate of drug-likeness (QED) is 0.877. The Labute approximate surface area is 116 Å². The van der Waals surface area contributed by atoms with E-state index in [9.17, 15) is 17.6 Å². The largest absolute Gasteiger partial charge is 0.481 e. The molecule has 0 bridgehead atoms. The summed E-state index contributed by atoms with van der Waals surface area (Å²) in [6.07, 6.45) is 0.971. The number of benzene rings is 1. The number of carboxylic acids is 1. The second-order valence-electron chi connectivity index (χ2n) is 4.65. The lowest BCUT2D eigenvalue weighted by molar-refractivity contribution is -0.142. The van der Waals surface area contributed by atoms with Crippen LogP contribution >= 0.6 is 0 Å². The Morgan fingerprint density at radius 1 is 1.35 bits per heavy atom. The second-order valence-corrected chi connectivity index (χ2v) is 6.32. The Kier molecular flexibility index (Phi) is 4.24. The zero-order chi connectivity index (χ0) is 14.8. The molecular weight excluding hydrogens is 287 g/mol. The van der Waals surface area contributed by atoms with Gasteiger partial charge in [0.1, 0.15) is 5.82 Å². The average Bonchev–Trinajstić information content (AvgIpc) is 2.41. The molecule has 0 aliphatic carbocycles. The van der Waals surface area contributed by atoms with Crippen molar-refractivity contribution in [3.8, 4) is 0 Å². The summed E-state index contributed by atoms with van der Waals surface area (Å²) in [6, 6.07) is 4.92. The van der Waals surface area contributed by atoms with Gasteiger partial charge in [-0.3, -0.25) is 9.52 Å². The summed E-state index contributed by atoms with van der Waals surface area (Å²) in [5, 5.41) is 8.96. The number of carbonyl (C=O) groups is 1. The van der Waals surface area contributed by atoms with E-state index in [2.05, 4.69) is 4.72 Å². The fourth-order valence-electron chi connectivity index (χ4n) is 2.09. The molecule has 1 unspecified atom stereocenters. The highest BCUT2D eigenvalue weighted by molar-refractivity contribution is 7.90. The van der Waals surface area contributed by atoms with Gasteiger partial charge in [0.25, 0.3) is 0 Å². The van der Waals surface area contributed by atoms with Crippen LogP contribution in [0.5, 0.6) is 0 Å². The summed E-state index contributed by atoms with van der Waals surface area (Å²) >= 11 is 0. The van der Waals surface area contributed by atoms with Crippen LogP contribution in [0.25, 0.3) is 0 Å². The van der Waals surface area contributed by atoms with Gasteiger partial charge >= 0.3 is 16.2 Å². The van der Waals surface area contributed by atoms with Crippen molar-refractivity contribution in [1.29, 1.82) is 0 Å². The Balaban J connectivity index is 2.09. The van der Waals surface area contributed by atoms with Crippen LogP contribution in [-0.2, 0) is 15.0 Å². The van der Waals surface area contributed by atoms with E-state index in [1.807, 2.05) is 0 Å². The maximum atomic E-state index is 12.8. The lowest BCUT2D eigenvalue weighted by Gasteiger charge is -2.29. The molecule has 1 heterocycles. The van der Waals surface area contributed by atoms with E-state index in [1.165, 1.54) is 12.1 Å². The minimum Gasteiger partial charge on any atom is -0.481 e. The molecule has 20 heavy (non-hydrogen) atoms. The molecule has 8 heteroatoms. The Bertz CT molecular complexity index is 588. The van der Waals surface area contributed by atoms with Gasteiger partial charge in [-0.15, -0.1) is 0 Å². The van der Waals surface area contributed by atoms with Gasteiger partial charge in [0.15, 0.2) is 0 Å². The predicted molar refractivity (Wildman–Crippen MR) is 70.9 cm³/mol. The molecule has 0 spiro atoms. The highest BCUT2D eigenvalue weighted by Gasteiger charge is 2.32. The van der Waals surface area contributed by atoms with Gasteiger partial charge < -0.3 is 5.11 Å². The van der Waals surface area contributed by atoms with Crippen molar-refractivity contribution >= 4 is 21.9 Å². The van der Waals surface area contributed by atoms with Crippen LogP contribution in [0.3, 0.4) is 0 Å². The summed E-state index contributed by atoms with van der Waals surface area (Å²) in [6.45, 7) is 0.228. The molecule has 2 rings (SSSR count). The third-order valence-electron chi connectivity index (χ3n) is 3.16. The number of anilines is 1. The lowest BCUT2D eigenvalue weighted by Crippen LogP contribution is -2.44. The molecule has 0 amide bonds. The van der Waals surface area contributed by atoms with Gasteiger partial charge in [-0.1, -0.05) is 0 Å². The topological polar surface area (TPSA) is 86.7 Å². The van der Waals surface area contributed by atoms with Gasteiger partial charge in [0.2, 0.25) is 0 Å². The van der Waals surface area contributed by atoms with Crippen LogP contribution in [0, 0.1) is 11.7 Å². The molecule has 2 N–H and O–H groups in total. The fraction of sp³-hybridized carbons (Fsp3) is 0.417. The molecule has 1 aliphatic rings. The Hall–Kier alpha value is -1.67. The van der Waals surface area contributed by atoms with Crippen LogP contribution in [-0.4, -0.2) is 36.9 Å². The van der Waals surface area contributed by atoms with E-state index in [0.29, 0.717) is 12.8 Å². The van der Waals surface area contributed by atoms with E-state index < -0.39 is 27.9 Å². The van der Waals surface area contributed by atoms with Gasteiger partial charge in [-0.25, -0.2) is 4.39 Å². The Morgan fingerprint density at radius 2 is 2.00 bits per heavy atom. The van der Waals surface area contributed by atoms with Crippen molar-refractivity contribution in [3.63, 3.8) is 0 Å². The monoisotopic (exact) mass is 302 g/mol. The molecule has 110 valence electrons.